The lowest BCUT2D eigenvalue weighted by Crippen LogP contribution is -2.58. The Hall–Kier alpha value is -1.56. The molecule has 6 heteroatoms. The fraction of sp³-hybridized carbons (Fsp3) is 0.789. The van der Waals surface area contributed by atoms with Crippen LogP contribution in [0.1, 0.15) is 62.6 Å². The van der Waals surface area contributed by atoms with Gasteiger partial charge in [-0.05, 0) is 45.7 Å². The summed E-state index contributed by atoms with van der Waals surface area (Å²) in [7, 11) is 1.92. The van der Waals surface area contributed by atoms with Gasteiger partial charge >= 0.3 is 6.03 Å². The van der Waals surface area contributed by atoms with E-state index >= 15 is 0 Å². The van der Waals surface area contributed by atoms with E-state index in [1.807, 2.05) is 24.9 Å². The van der Waals surface area contributed by atoms with Gasteiger partial charge in [0.2, 0.25) is 0 Å². The summed E-state index contributed by atoms with van der Waals surface area (Å²) in [6.45, 7) is 5.71. The normalized spacial score (nSPS) is 21.0. The maximum atomic E-state index is 12.3. The summed E-state index contributed by atoms with van der Waals surface area (Å²) in [5.41, 5.74) is 2.35. The molecule has 2 N–H and O–H groups in total. The van der Waals surface area contributed by atoms with Crippen molar-refractivity contribution in [1.82, 2.24) is 25.3 Å². The van der Waals surface area contributed by atoms with Gasteiger partial charge in [-0.25, -0.2) is 4.79 Å². The highest BCUT2D eigenvalue weighted by atomic mass is 16.2. The summed E-state index contributed by atoms with van der Waals surface area (Å²) in [4.78, 5) is 15.0. The number of carbonyl (C=O) groups excluding carboxylic acids is 1. The van der Waals surface area contributed by atoms with Crippen molar-refractivity contribution in [3.63, 3.8) is 0 Å². The molecule has 0 aromatic carbocycles. The zero-order chi connectivity index (χ0) is 17.7. The number of carbonyl (C=O) groups is 1. The molecule has 0 unspecified atom stereocenters. The summed E-state index contributed by atoms with van der Waals surface area (Å²) in [6.07, 6.45) is 12.1. The van der Waals surface area contributed by atoms with E-state index in [-0.39, 0.29) is 11.6 Å². The zero-order valence-corrected chi connectivity index (χ0v) is 15.8. The molecule has 0 spiro atoms. The van der Waals surface area contributed by atoms with Crippen LogP contribution in [0, 0.1) is 6.92 Å². The first-order chi connectivity index (χ1) is 12.1. The van der Waals surface area contributed by atoms with Gasteiger partial charge in [0.25, 0.3) is 0 Å². The van der Waals surface area contributed by atoms with Crippen LogP contribution in [0.15, 0.2) is 6.20 Å². The Labute approximate surface area is 151 Å². The Morgan fingerprint density at radius 2 is 1.80 bits per heavy atom. The Balaban J connectivity index is 1.53. The number of urea groups is 1. The molecule has 0 bridgehead atoms. The third-order valence-electron chi connectivity index (χ3n) is 6.17. The standard InChI is InChI=1S/C19H33N5O/c1-16-17(14-22-23(16)2)13-20-18(25)21-15-19(9-5-3-6-10-19)24-11-7-4-8-12-24/h14H,3-13,15H2,1-2H3,(H2,20,21,25). The molecule has 6 nitrogen and oxygen atoms in total. The predicted octanol–water partition coefficient (Wildman–Crippen LogP) is 2.72. The number of rotatable bonds is 5. The van der Waals surface area contributed by atoms with Crippen LogP contribution >= 0.6 is 0 Å². The Morgan fingerprint density at radius 1 is 1.12 bits per heavy atom. The number of hydrogen-bond acceptors (Lipinski definition) is 3. The topological polar surface area (TPSA) is 62.2 Å². The molecule has 1 saturated heterocycles. The van der Waals surface area contributed by atoms with E-state index in [9.17, 15) is 4.79 Å². The molecular weight excluding hydrogens is 314 g/mol. The van der Waals surface area contributed by atoms with Crippen molar-refractivity contribution >= 4 is 6.03 Å². The van der Waals surface area contributed by atoms with Gasteiger partial charge in [-0.15, -0.1) is 0 Å². The number of hydrogen-bond donors (Lipinski definition) is 2. The molecule has 1 aromatic heterocycles. The van der Waals surface area contributed by atoms with E-state index in [1.165, 1.54) is 64.5 Å². The average molecular weight is 348 g/mol. The summed E-state index contributed by atoms with van der Waals surface area (Å²) < 4.78 is 1.84. The smallest absolute Gasteiger partial charge is 0.315 e. The average Bonchev–Trinajstić information content (AvgIpc) is 2.98. The molecule has 1 saturated carbocycles. The molecule has 1 aliphatic heterocycles. The van der Waals surface area contributed by atoms with Gasteiger partial charge in [0.15, 0.2) is 0 Å². The maximum Gasteiger partial charge on any atom is 0.315 e. The van der Waals surface area contributed by atoms with Crippen LogP contribution in [0.3, 0.4) is 0 Å². The Kier molecular flexibility index (Phi) is 5.99. The van der Waals surface area contributed by atoms with Gasteiger partial charge in [0.05, 0.1) is 6.20 Å². The molecule has 2 amide bonds. The van der Waals surface area contributed by atoms with Gasteiger partial charge < -0.3 is 10.6 Å². The Bertz CT molecular complexity index is 570. The van der Waals surface area contributed by atoms with Crippen molar-refractivity contribution < 1.29 is 4.79 Å². The minimum absolute atomic E-state index is 0.0646. The Morgan fingerprint density at radius 3 is 2.44 bits per heavy atom. The number of nitrogens with zero attached hydrogens (tertiary/aromatic N) is 3. The van der Waals surface area contributed by atoms with Crippen molar-refractivity contribution in [2.45, 2.75) is 70.4 Å². The summed E-state index contributed by atoms with van der Waals surface area (Å²) in [5, 5.41) is 10.4. The molecule has 2 heterocycles. The van der Waals surface area contributed by atoms with Crippen molar-refractivity contribution in [3.8, 4) is 0 Å². The third kappa shape index (κ3) is 4.35. The van der Waals surface area contributed by atoms with Crippen LogP contribution in [-0.2, 0) is 13.6 Å². The van der Waals surface area contributed by atoms with Gasteiger partial charge in [-0.1, -0.05) is 25.7 Å². The second-order valence-electron chi connectivity index (χ2n) is 7.75. The fourth-order valence-electron chi connectivity index (χ4n) is 4.38. The van der Waals surface area contributed by atoms with E-state index in [0.29, 0.717) is 6.54 Å². The highest BCUT2D eigenvalue weighted by Gasteiger charge is 2.38. The first-order valence-electron chi connectivity index (χ1n) is 9.85. The van der Waals surface area contributed by atoms with Crippen molar-refractivity contribution in [1.29, 1.82) is 0 Å². The van der Waals surface area contributed by atoms with Crippen LogP contribution in [0.2, 0.25) is 0 Å². The number of nitrogens with one attached hydrogen (secondary N) is 2. The number of likely N-dealkylation sites (tertiary alicyclic amines) is 1. The molecule has 2 fully saturated rings. The quantitative estimate of drug-likeness (QED) is 0.861. The van der Waals surface area contributed by atoms with E-state index in [0.717, 1.165) is 17.8 Å². The van der Waals surface area contributed by atoms with E-state index in [2.05, 4.69) is 20.6 Å². The predicted molar refractivity (Wildman–Crippen MR) is 99.4 cm³/mol. The van der Waals surface area contributed by atoms with Crippen LogP contribution in [0.4, 0.5) is 4.79 Å². The monoisotopic (exact) mass is 347 g/mol. The first-order valence-corrected chi connectivity index (χ1v) is 9.85. The minimum atomic E-state index is -0.0646. The highest BCUT2D eigenvalue weighted by molar-refractivity contribution is 5.73. The molecule has 140 valence electrons. The van der Waals surface area contributed by atoms with Crippen molar-refractivity contribution in [2.75, 3.05) is 19.6 Å². The van der Waals surface area contributed by atoms with Gasteiger partial charge in [0, 0.05) is 36.9 Å². The molecule has 2 aliphatic rings. The van der Waals surface area contributed by atoms with E-state index in [4.69, 9.17) is 0 Å². The SMILES string of the molecule is Cc1c(CNC(=O)NCC2(N3CCCCC3)CCCCC2)cnn1C. The number of aromatic nitrogens is 2. The lowest BCUT2D eigenvalue weighted by molar-refractivity contribution is 0.0354. The van der Waals surface area contributed by atoms with E-state index in [1.54, 1.807) is 0 Å². The molecule has 3 rings (SSSR count). The number of piperidine rings is 1. The summed E-state index contributed by atoms with van der Waals surface area (Å²) >= 11 is 0. The van der Waals surface area contributed by atoms with Crippen molar-refractivity contribution in [2.24, 2.45) is 7.05 Å². The minimum Gasteiger partial charge on any atom is -0.336 e. The number of amides is 2. The zero-order valence-electron chi connectivity index (χ0n) is 15.8. The maximum absolute atomic E-state index is 12.3. The summed E-state index contributed by atoms with van der Waals surface area (Å²) in [5.74, 6) is 0. The largest absolute Gasteiger partial charge is 0.336 e. The summed E-state index contributed by atoms with van der Waals surface area (Å²) in [6, 6.07) is -0.0646. The fourth-order valence-corrected chi connectivity index (χ4v) is 4.38. The van der Waals surface area contributed by atoms with Crippen LogP contribution in [-0.4, -0.2) is 45.9 Å². The first kappa shape index (κ1) is 18.2. The molecule has 0 atom stereocenters. The van der Waals surface area contributed by atoms with Gasteiger partial charge in [-0.3, -0.25) is 9.58 Å². The molecule has 1 aromatic rings. The van der Waals surface area contributed by atoms with Crippen LogP contribution in [0.5, 0.6) is 0 Å². The third-order valence-corrected chi connectivity index (χ3v) is 6.17. The van der Waals surface area contributed by atoms with Gasteiger partial charge in [-0.2, -0.15) is 5.10 Å². The second kappa shape index (κ2) is 8.21. The second-order valence-corrected chi connectivity index (χ2v) is 7.75. The molecule has 0 radical (unpaired) electrons. The lowest BCUT2D eigenvalue weighted by atomic mass is 9.79. The molecular formula is C19H33N5O. The van der Waals surface area contributed by atoms with Crippen LogP contribution < -0.4 is 10.6 Å². The highest BCUT2D eigenvalue weighted by Crippen LogP contribution is 2.35. The molecule has 25 heavy (non-hydrogen) atoms. The van der Waals surface area contributed by atoms with E-state index < -0.39 is 0 Å². The van der Waals surface area contributed by atoms with Crippen molar-refractivity contribution in [3.05, 3.63) is 17.5 Å². The van der Waals surface area contributed by atoms with Crippen LogP contribution in [0.25, 0.3) is 0 Å². The van der Waals surface area contributed by atoms with Gasteiger partial charge in [0.1, 0.15) is 0 Å². The number of aryl methyl sites for hydroxylation is 1. The molecule has 1 aliphatic carbocycles. The lowest BCUT2D eigenvalue weighted by Gasteiger charge is -2.48.